The van der Waals surface area contributed by atoms with Crippen molar-refractivity contribution < 1.29 is 14.3 Å². The molecule has 0 saturated heterocycles. The van der Waals surface area contributed by atoms with Crippen molar-refractivity contribution in [2.45, 2.75) is 58.0 Å². The Morgan fingerprint density at radius 1 is 1.12 bits per heavy atom. The zero-order valence-corrected chi connectivity index (χ0v) is 19.3. The van der Waals surface area contributed by atoms with Gasteiger partial charge in [-0.05, 0) is 74.2 Å². The van der Waals surface area contributed by atoms with E-state index in [1.807, 2.05) is 30.3 Å². The second kappa shape index (κ2) is 8.85. The van der Waals surface area contributed by atoms with Gasteiger partial charge >= 0.3 is 5.97 Å². The number of rotatable bonds is 8. The van der Waals surface area contributed by atoms with E-state index in [1.165, 1.54) is 49.9 Å². The summed E-state index contributed by atoms with van der Waals surface area (Å²) in [5, 5.41) is 8.66. The maximum atomic E-state index is 12.5. The van der Waals surface area contributed by atoms with Gasteiger partial charge in [-0.25, -0.2) is 9.78 Å². The van der Waals surface area contributed by atoms with Gasteiger partial charge in [-0.1, -0.05) is 30.3 Å². The van der Waals surface area contributed by atoms with Crippen LogP contribution in [0.1, 0.15) is 61.5 Å². The highest BCUT2D eigenvalue weighted by molar-refractivity contribution is 7.13. The topological polar surface area (TPSA) is 80.3 Å². The standard InChI is InChI=1S/C25H31N3O3S/c1-16(25-10-18-7-19(11-25)9-20(8-18)12-25)27-22(29)14-31-23(30)21-15-32-24(28-21)26-13-17-5-3-2-4-6-17/h2-6,15-16,18-20H,7-14H2,1H3,(H,26,28)(H,27,29). The predicted molar refractivity (Wildman–Crippen MR) is 124 cm³/mol. The van der Waals surface area contributed by atoms with E-state index in [4.69, 9.17) is 4.74 Å². The van der Waals surface area contributed by atoms with Crippen LogP contribution in [0.15, 0.2) is 35.7 Å². The summed E-state index contributed by atoms with van der Waals surface area (Å²) in [6.07, 6.45) is 7.85. The van der Waals surface area contributed by atoms with Crippen molar-refractivity contribution in [2.24, 2.45) is 23.2 Å². The van der Waals surface area contributed by atoms with E-state index in [1.54, 1.807) is 5.38 Å². The Hall–Kier alpha value is -2.41. The monoisotopic (exact) mass is 453 g/mol. The Balaban J connectivity index is 1.09. The number of benzene rings is 1. The third-order valence-electron chi connectivity index (χ3n) is 7.72. The Morgan fingerprint density at radius 3 is 2.44 bits per heavy atom. The third-order valence-corrected chi connectivity index (χ3v) is 8.52. The molecule has 1 atom stereocenters. The number of hydrogen-bond donors (Lipinski definition) is 2. The lowest BCUT2D eigenvalue weighted by molar-refractivity contribution is -0.128. The molecule has 1 aromatic heterocycles. The molecule has 32 heavy (non-hydrogen) atoms. The van der Waals surface area contributed by atoms with Crippen LogP contribution in [0, 0.1) is 23.2 Å². The molecule has 4 aliphatic rings. The summed E-state index contributed by atoms with van der Waals surface area (Å²) in [5.74, 6) is 1.74. The Labute approximate surface area is 193 Å². The molecule has 6 rings (SSSR count). The highest BCUT2D eigenvalue weighted by atomic mass is 32.1. The average Bonchev–Trinajstić information content (AvgIpc) is 3.25. The fourth-order valence-electron chi connectivity index (χ4n) is 6.57. The van der Waals surface area contributed by atoms with Crippen LogP contribution in [0.2, 0.25) is 0 Å². The van der Waals surface area contributed by atoms with Crippen LogP contribution in [0.5, 0.6) is 0 Å². The summed E-state index contributed by atoms with van der Waals surface area (Å²) in [7, 11) is 0. The van der Waals surface area contributed by atoms with Gasteiger partial charge in [-0.15, -0.1) is 11.3 Å². The molecule has 1 unspecified atom stereocenters. The Bertz CT molecular complexity index is 939. The molecule has 1 heterocycles. The van der Waals surface area contributed by atoms with Gasteiger partial charge in [0.25, 0.3) is 5.91 Å². The number of ether oxygens (including phenoxy) is 1. The number of esters is 1. The summed E-state index contributed by atoms with van der Waals surface area (Å²) in [6.45, 7) is 2.51. The largest absolute Gasteiger partial charge is 0.451 e. The molecule has 7 heteroatoms. The molecule has 4 bridgehead atoms. The first kappa shape index (κ1) is 21.4. The van der Waals surface area contributed by atoms with E-state index >= 15 is 0 Å². The van der Waals surface area contributed by atoms with E-state index < -0.39 is 5.97 Å². The minimum Gasteiger partial charge on any atom is -0.451 e. The van der Waals surface area contributed by atoms with Crippen molar-refractivity contribution >= 4 is 28.3 Å². The van der Waals surface area contributed by atoms with Gasteiger partial charge in [0.2, 0.25) is 0 Å². The molecule has 4 fully saturated rings. The van der Waals surface area contributed by atoms with E-state index in [0.29, 0.717) is 11.7 Å². The molecular weight excluding hydrogens is 422 g/mol. The summed E-state index contributed by atoms with van der Waals surface area (Å²) in [6, 6.07) is 10.1. The molecule has 6 nitrogen and oxygen atoms in total. The molecule has 1 amide bonds. The molecule has 2 aromatic rings. The molecule has 1 aromatic carbocycles. The lowest BCUT2D eigenvalue weighted by Gasteiger charge is -2.59. The first-order chi connectivity index (χ1) is 15.5. The minimum atomic E-state index is -0.563. The number of nitrogens with one attached hydrogen (secondary N) is 2. The number of carbonyl (C=O) groups is 2. The van der Waals surface area contributed by atoms with E-state index in [9.17, 15) is 9.59 Å². The second-order valence-corrected chi connectivity index (χ2v) is 10.9. The van der Waals surface area contributed by atoms with Crippen molar-refractivity contribution in [3.8, 4) is 0 Å². The quantitative estimate of drug-likeness (QED) is 0.570. The average molecular weight is 454 g/mol. The first-order valence-corrected chi connectivity index (χ1v) is 12.6. The number of amides is 1. The van der Waals surface area contributed by atoms with Gasteiger partial charge < -0.3 is 15.4 Å². The Morgan fingerprint density at radius 2 is 1.78 bits per heavy atom. The van der Waals surface area contributed by atoms with Crippen LogP contribution in [0.25, 0.3) is 0 Å². The van der Waals surface area contributed by atoms with Gasteiger partial charge in [0.15, 0.2) is 17.4 Å². The highest BCUT2D eigenvalue weighted by Gasteiger charge is 2.53. The maximum absolute atomic E-state index is 12.5. The minimum absolute atomic E-state index is 0.121. The molecular formula is C25H31N3O3S. The molecule has 0 radical (unpaired) electrons. The molecule has 4 aliphatic carbocycles. The maximum Gasteiger partial charge on any atom is 0.358 e. The normalized spacial score (nSPS) is 28.8. The van der Waals surface area contributed by atoms with Crippen LogP contribution >= 0.6 is 11.3 Å². The zero-order chi connectivity index (χ0) is 22.1. The van der Waals surface area contributed by atoms with E-state index in [-0.39, 0.29) is 29.7 Å². The Kier molecular flexibility index (Phi) is 5.93. The van der Waals surface area contributed by atoms with Gasteiger partial charge in [0.1, 0.15) is 0 Å². The van der Waals surface area contributed by atoms with E-state index in [2.05, 4.69) is 22.5 Å². The third kappa shape index (κ3) is 4.53. The van der Waals surface area contributed by atoms with Gasteiger partial charge in [-0.3, -0.25) is 4.79 Å². The number of hydrogen-bond acceptors (Lipinski definition) is 6. The predicted octanol–water partition coefficient (Wildman–Crippen LogP) is 4.63. The fourth-order valence-corrected chi connectivity index (χ4v) is 7.25. The number of thiazole rings is 1. The molecule has 170 valence electrons. The summed E-state index contributed by atoms with van der Waals surface area (Å²) in [4.78, 5) is 29.2. The lowest BCUT2D eigenvalue weighted by Crippen LogP contribution is -2.56. The SMILES string of the molecule is CC(NC(=O)COC(=O)c1csc(NCc2ccccc2)n1)C12CC3CC(CC(C3)C1)C2. The fraction of sp³-hybridized carbons (Fsp3) is 0.560. The van der Waals surface area contributed by atoms with Crippen LogP contribution in [0.4, 0.5) is 5.13 Å². The van der Waals surface area contributed by atoms with Crippen LogP contribution in [0.3, 0.4) is 0 Å². The number of carbonyl (C=O) groups excluding carboxylic acids is 2. The smallest absolute Gasteiger partial charge is 0.358 e. The zero-order valence-electron chi connectivity index (χ0n) is 18.5. The molecule has 4 saturated carbocycles. The molecule has 0 aliphatic heterocycles. The summed E-state index contributed by atoms with van der Waals surface area (Å²) in [5.41, 5.74) is 1.60. The van der Waals surface area contributed by atoms with Gasteiger partial charge in [0, 0.05) is 18.0 Å². The number of aromatic nitrogens is 1. The van der Waals surface area contributed by atoms with Crippen molar-refractivity contribution in [1.82, 2.24) is 10.3 Å². The van der Waals surface area contributed by atoms with Crippen LogP contribution in [-0.4, -0.2) is 29.5 Å². The number of nitrogens with zero attached hydrogens (tertiary/aromatic N) is 1. The van der Waals surface area contributed by atoms with Crippen molar-refractivity contribution in [1.29, 1.82) is 0 Å². The van der Waals surface area contributed by atoms with E-state index in [0.717, 1.165) is 23.3 Å². The lowest BCUT2D eigenvalue weighted by atomic mass is 9.48. The van der Waals surface area contributed by atoms with Crippen LogP contribution < -0.4 is 10.6 Å². The van der Waals surface area contributed by atoms with Crippen molar-refractivity contribution in [3.05, 3.63) is 47.0 Å². The first-order valence-electron chi connectivity index (χ1n) is 11.7. The number of anilines is 1. The summed E-state index contributed by atoms with van der Waals surface area (Å²) < 4.78 is 5.25. The van der Waals surface area contributed by atoms with Gasteiger partial charge in [0.05, 0.1) is 0 Å². The van der Waals surface area contributed by atoms with Crippen LogP contribution in [-0.2, 0) is 16.1 Å². The van der Waals surface area contributed by atoms with Crippen molar-refractivity contribution in [3.63, 3.8) is 0 Å². The molecule has 0 spiro atoms. The van der Waals surface area contributed by atoms with Crippen molar-refractivity contribution in [2.75, 3.05) is 11.9 Å². The molecule has 2 N–H and O–H groups in total. The van der Waals surface area contributed by atoms with Gasteiger partial charge in [-0.2, -0.15) is 0 Å². The summed E-state index contributed by atoms with van der Waals surface area (Å²) >= 11 is 1.35. The highest BCUT2D eigenvalue weighted by Crippen LogP contribution is 2.61. The second-order valence-electron chi connectivity index (χ2n) is 10.0.